The molecule has 2 aromatic rings. The number of nitro benzene ring substituents is 1. The maximum atomic E-state index is 10.6. The third-order valence-corrected chi connectivity index (χ3v) is 2.20. The maximum Gasteiger partial charge on any atom is 0.269 e. The summed E-state index contributed by atoms with van der Waals surface area (Å²) in [5.41, 5.74) is 0.833. The van der Waals surface area contributed by atoms with Crippen LogP contribution in [-0.4, -0.2) is 4.92 Å². The molecule has 2 rings (SSSR count). The van der Waals surface area contributed by atoms with E-state index < -0.39 is 4.92 Å². The molecular formula is C13H10NO3. The number of benzene rings is 2. The summed E-state index contributed by atoms with van der Waals surface area (Å²) >= 11 is 0. The van der Waals surface area contributed by atoms with E-state index >= 15 is 0 Å². The van der Waals surface area contributed by atoms with Crippen LogP contribution in [0.25, 0.3) is 0 Å². The summed E-state index contributed by atoms with van der Waals surface area (Å²) in [6, 6.07) is 16.5. The van der Waals surface area contributed by atoms with E-state index in [1.54, 1.807) is 24.3 Å². The quantitative estimate of drug-likeness (QED) is 0.597. The van der Waals surface area contributed by atoms with Gasteiger partial charge >= 0.3 is 0 Å². The molecule has 0 aliphatic carbocycles. The van der Waals surface area contributed by atoms with Crippen LogP contribution in [0.15, 0.2) is 48.5 Å². The van der Waals surface area contributed by atoms with Crippen LogP contribution in [-0.2, 0) is 6.61 Å². The molecule has 0 N–H and O–H groups in total. The van der Waals surface area contributed by atoms with E-state index in [-0.39, 0.29) is 5.69 Å². The minimum absolute atomic E-state index is 0.0724. The van der Waals surface area contributed by atoms with Gasteiger partial charge in [-0.2, -0.15) is 0 Å². The summed E-state index contributed by atoms with van der Waals surface area (Å²) in [5.74, 6) is 0.624. The first-order valence-corrected chi connectivity index (χ1v) is 5.08. The first kappa shape index (κ1) is 11.1. The molecule has 17 heavy (non-hydrogen) atoms. The van der Waals surface area contributed by atoms with E-state index in [1.807, 2.05) is 12.1 Å². The van der Waals surface area contributed by atoms with Gasteiger partial charge in [0.05, 0.1) is 4.92 Å². The van der Waals surface area contributed by atoms with Crippen molar-refractivity contribution < 1.29 is 9.66 Å². The molecule has 0 spiro atoms. The molecule has 4 nitrogen and oxygen atoms in total. The Morgan fingerprint density at radius 3 is 2.82 bits per heavy atom. The van der Waals surface area contributed by atoms with Crippen LogP contribution in [0.3, 0.4) is 0 Å². The van der Waals surface area contributed by atoms with Crippen molar-refractivity contribution >= 4 is 5.69 Å². The molecule has 1 radical (unpaired) electrons. The number of nitrogens with zero attached hydrogens (tertiary/aromatic N) is 1. The number of para-hydroxylation sites is 1. The molecule has 0 fully saturated rings. The lowest BCUT2D eigenvalue weighted by atomic mass is 10.2. The highest BCUT2D eigenvalue weighted by molar-refractivity contribution is 5.34. The zero-order valence-electron chi connectivity index (χ0n) is 9.00. The molecule has 0 aromatic heterocycles. The molecule has 4 heteroatoms. The van der Waals surface area contributed by atoms with Gasteiger partial charge in [-0.1, -0.05) is 30.3 Å². The van der Waals surface area contributed by atoms with Gasteiger partial charge in [-0.15, -0.1) is 0 Å². The molecule has 0 aliphatic heterocycles. The van der Waals surface area contributed by atoms with Gasteiger partial charge in [-0.3, -0.25) is 10.1 Å². The zero-order chi connectivity index (χ0) is 12.1. The van der Waals surface area contributed by atoms with Gasteiger partial charge in [0.25, 0.3) is 5.69 Å². The van der Waals surface area contributed by atoms with Crippen molar-refractivity contribution in [1.29, 1.82) is 0 Å². The van der Waals surface area contributed by atoms with Crippen molar-refractivity contribution in [3.8, 4) is 5.75 Å². The summed E-state index contributed by atoms with van der Waals surface area (Å²) in [6.45, 7) is 0.294. The fraction of sp³-hybridized carbons (Fsp3) is 0.0769. The predicted molar refractivity (Wildman–Crippen MR) is 62.7 cm³/mol. The van der Waals surface area contributed by atoms with Crippen LogP contribution >= 0.6 is 0 Å². The molecule has 0 saturated heterocycles. The van der Waals surface area contributed by atoms with Gasteiger partial charge in [-0.25, -0.2) is 0 Å². The van der Waals surface area contributed by atoms with Crippen molar-refractivity contribution in [2.45, 2.75) is 6.61 Å². The standard InChI is InChI=1S/C13H10NO3/c15-14(16)12-6-4-5-11(9-12)10-17-13-7-2-1-3-8-13/h1-7,9H,10H2. The smallest absolute Gasteiger partial charge is 0.269 e. The van der Waals surface area contributed by atoms with Crippen LogP contribution < -0.4 is 4.74 Å². The van der Waals surface area contributed by atoms with Crippen molar-refractivity contribution in [1.82, 2.24) is 0 Å². The summed E-state index contributed by atoms with van der Waals surface area (Å²) in [4.78, 5) is 10.2. The number of ether oxygens (including phenoxy) is 1. The Bertz CT molecular complexity index is 511. The summed E-state index contributed by atoms with van der Waals surface area (Å²) < 4.78 is 5.45. The Labute approximate surface area is 98.6 Å². The summed E-state index contributed by atoms with van der Waals surface area (Å²) in [7, 11) is 0. The van der Waals surface area contributed by atoms with E-state index in [0.717, 1.165) is 5.56 Å². The fourth-order valence-corrected chi connectivity index (χ4v) is 1.39. The normalized spacial score (nSPS) is 9.88. The zero-order valence-corrected chi connectivity index (χ0v) is 9.00. The lowest BCUT2D eigenvalue weighted by Crippen LogP contribution is -1.96. The molecule has 0 amide bonds. The second-order valence-electron chi connectivity index (χ2n) is 3.44. The molecule has 0 aliphatic rings. The van der Waals surface area contributed by atoms with Gasteiger partial charge in [0.15, 0.2) is 0 Å². The van der Waals surface area contributed by atoms with Gasteiger partial charge in [-0.05, 0) is 11.6 Å². The second-order valence-corrected chi connectivity index (χ2v) is 3.44. The minimum Gasteiger partial charge on any atom is -0.488 e. The third-order valence-electron chi connectivity index (χ3n) is 2.20. The molecule has 0 bridgehead atoms. The van der Waals surface area contributed by atoms with Crippen molar-refractivity contribution in [3.05, 3.63) is 70.3 Å². The van der Waals surface area contributed by atoms with Gasteiger partial charge in [0, 0.05) is 18.2 Å². The minimum atomic E-state index is -0.419. The van der Waals surface area contributed by atoms with Crippen LogP contribution in [0.1, 0.15) is 5.56 Å². The monoisotopic (exact) mass is 228 g/mol. The Hall–Kier alpha value is -2.36. The fourth-order valence-electron chi connectivity index (χ4n) is 1.39. The first-order valence-electron chi connectivity index (χ1n) is 5.08. The summed E-state index contributed by atoms with van der Waals surface area (Å²) in [5, 5.41) is 10.6. The van der Waals surface area contributed by atoms with Crippen molar-refractivity contribution in [3.63, 3.8) is 0 Å². The lowest BCUT2D eigenvalue weighted by Gasteiger charge is -2.05. The van der Waals surface area contributed by atoms with Crippen LogP contribution in [0.4, 0.5) is 5.69 Å². The van der Waals surface area contributed by atoms with Gasteiger partial charge in [0.1, 0.15) is 12.4 Å². The molecule has 0 atom stereocenters. The van der Waals surface area contributed by atoms with E-state index in [2.05, 4.69) is 6.07 Å². The van der Waals surface area contributed by atoms with E-state index in [9.17, 15) is 10.1 Å². The topological polar surface area (TPSA) is 52.4 Å². The number of hydrogen-bond donors (Lipinski definition) is 0. The molecule has 2 aromatic carbocycles. The lowest BCUT2D eigenvalue weighted by molar-refractivity contribution is -0.384. The Morgan fingerprint density at radius 2 is 2.12 bits per heavy atom. The van der Waals surface area contributed by atoms with Gasteiger partial charge < -0.3 is 4.74 Å². The first-order chi connectivity index (χ1) is 8.25. The van der Waals surface area contributed by atoms with Crippen molar-refractivity contribution in [2.75, 3.05) is 0 Å². The molecular weight excluding hydrogens is 218 g/mol. The second kappa shape index (κ2) is 5.12. The van der Waals surface area contributed by atoms with E-state index in [0.29, 0.717) is 12.4 Å². The number of hydrogen-bond acceptors (Lipinski definition) is 3. The highest BCUT2D eigenvalue weighted by Crippen LogP contribution is 2.15. The van der Waals surface area contributed by atoms with Crippen LogP contribution in [0, 0.1) is 16.2 Å². The van der Waals surface area contributed by atoms with Crippen LogP contribution in [0.5, 0.6) is 5.75 Å². The van der Waals surface area contributed by atoms with Crippen molar-refractivity contribution in [2.24, 2.45) is 0 Å². The number of rotatable bonds is 4. The third kappa shape index (κ3) is 3.04. The van der Waals surface area contributed by atoms with E-state index in [1.165, 1.54) is 12.1 Å². The van der Waals surface area contributed by atoms with Crippen LogP contribution in [0.2, 0.25) is 0 Å². The average molecular weight is 228 g/mol. The highest BCUT2D eigenvalue weighted by Gasteiger charge is 2.05. The number of nitro groups is 1. The Morgan fingerprint density at radius 1 is 1.24 bits per heavy atom. The maximum absolute atomic E-state index is 10.6. The molecule has 0 saturated carbocycles. The summed E-state index contributed by atoms with van der Waals surface area (Å²) in [6.07, 6.45) is 0. The Balaban J connectivity index is 2.04. The highest BCUT2D eigenvalue weighted by atomic mass is 16.6. The SMILES string of the molecule is O=[N+]([O-])c1cccc(COc2[c]cccc2)c1. The average Bonchev–Trinajstić information content (AvgIpc) is 2.38. The molecule has 0 unspecified atom stereocenters. The molecule has 85 valence electrons. The molecule has 0 heterocycles. The number of non-ortho nitro benzene ring substituents is 1. The Kier molecular flexibility index (Phi) is 3.35. The van der Waals surface area contributed by atoms with Gasteiger partial charge in [0.2, 0.25) is 0 Å². The largest absolute Gasteiger partial charge is 0.488 e. The predicted octanol–water partition coefficient (Wildman–Crippen LogP) is 2.97. The van der Waals surface area contributed by atoms with E-state index in [4.69, 9.17) is 4.74 Å².